The fraction of sp³-hybridized carbons (Fsp3) is 0.462. The zero-order valence-corrected chi connectivity index (χ0v) is 9.39. The van der Waals surface area contributed by atoms with Crippen LogP contribution in [0.1, 0.15) is 19.8 Å². The second kappa shape index (κ2) is 5.01. The first-order valence-corrected chi connectivity index (χ1v) is 5.63. The highest BCUT2D eigenvalue weighted by atomic mass is 16.6. The molecule has 1 saturated carbocycles. The molecule has 2 rings (SSSR count). The van der Waals surface area contributed by atoms with Gasteiger partial charge < -0.3 is 9.47 Å². The summed E-state index contributed by atoms with van der Waals surface area (Å²) in [4.78, 5) is 11.3. The summed E-state index contributed by atoms with van der Waals surface area (Å²) in [6.45, 7) is 2.46. The van der Waals surface area contributed by atoms with Crippen molar-refractivity contribution in [2.24, 2.45) is 5.92 Å². The lowest BCUT2D eigenvalue weighted by Crippen LogP contribution is -2.11. The summed E-state index contributed by atoms with van der Waals surface area (Å²) in [5.41, 5.74) is 0. The SMILES string of the molecule is CC1CC1OC(=O)CCOc1ccccc1. The van der Waals surface area contributed by atoms with Crippen LogP contribution in [0.4, 0.5) is 0 Å². The Labute approximate surface area is 95.4 Å². The molecule has 86 valence electrons. The molecule has 0 bridgehead atoms. The predicted octanol–water partition coefficient (Wildman–Crippen LogP) is 2.41. The lowest BCUT2D eigenvalue weighted by molar-refractivity contribution is -0.145. The van der Waals surface area contributed by atoms with Crippen molar-refractivity contribution in [3.05, 3.63) is 30.3 Å². The number of ether oxygens (including phenoxy) is 2. The molecule has 0 spiro atoms. The second-order valence-corrected chi connectivity index (χ2v) is 4.15. The summed E-state index contributed by atoms with van der Waals surface area (Å²) in [6.07, 6.45) is 1.48. The molecule has 0 aliphatic heterocycles. The fourth-order valence-corrected chi connectivity index (χ4v) is 1.45. The quantitative estimate of drug-likeness (QED) is 0.715. The van der Waals surface area contributed by atoms with Gasteiger partial charge in [0, 0.05) is 0 Å². The van der Waals surface area contributed by atoms with E-state index in [0.29, 0.717) is 18.9 Å². The van der Waals surface area contributed by atoms with E-state index in [2.05, 4.69) is 6.92 Å². The Morgan fingerprint density at radius 2 is 2.06 bits per heavy atom. The van der Waals surface area contributed by atoms with E-state index in [4.69, 9.17) is 9.47 Å². The molecule has 1 aliphatic rings. The minimum atomic E-state index is -0.162. The standard InChI is InChI=1S/C13H16O3/c1-10-9-12(10)16-13(14)7-8-15-11-5-3-2-4-6-11/h2-6,10,12H,7-9H2,1H3. The maximum Gasteiger partial charge on any atom is 0.309 e. The lowest BCUT2D eigenvalue weighted by atomic mass is 10.3. The molecule has 3 nitrogen and oxygen atoms in total. The highest BCUT2D eigenvalue weighted by molar-refractivity contribution is 5.70. The molecule has 2 atom stereocenters. The van der Waals surface area contributed by atoms with Gasteiger partial charge in [-0.2, -0.15) is 0 Å². The number of hydrogen-bond donors (Lipinski definition) is 0. The molecule has 0 amide bonds. The molecule has 3 heteroatoms. The molecular weight excluding hydrogens is 204 g/mol. The third-order valence-electron chi connectivity index (χ3n) is 2.64. The molecule has 16 heavy (non-hydrogen) atoms. The van der Waals surface area contributed by atoms with Crippen LogP contribution in [-0.2, 0) is 9.53 Å². The van der Waals surface area contributed by atoms with Gasteiger partial charge in [-0.25, -0.2) is 0 Å². The molecule has 0 radical (unpaired) electrons. The van der Waals surface area contributed by atoms with Gasteiger partial charge in [-0.3, -0.25) is 4.79 Å². The molecule has 0 heterocycles. The van der Waals surface area contributed by atoms with E-state index in [9.17, 15) is 4.79 Å². The van der Waals surface area contributed by atoms with Crippen LogP contribution in [0.3, 0.4) is 0 Å². The van der Waals surface area contributed by atoms with Crippen molar-refractivity contribution in [1.82, 2.24) is 0 Å². The van der Waals surface area contributed by atoms with Crippen LogP contribution >= 0.6 is 0 Å². The minimum absolute atomic E-state index is 0.157. The van der Waals surface area contributed by atoms with E-state index in [-0.39, 0.29) is 12.1 Å². The van der Waals surface area contributed by atoms with Crippen LogP contribution in [-0.4, -0.2) is 18.7 Å². The van der Waals surface area contributed by atoms with Crippen molar-refractivity contribution in [2.75, 3.05) is 6.61 Å². The van der Waals surface area contributed by atoms with Crippen molar-refractivity contribution in [3.8, 4) is 5.75 Å². The van der Waals surface area contributed by atoms with Crippen LogP contribution in [0.5, 0.6) is 5.75 Å². The summed E-state index contributed by atoms with van der Waals surface area (Å²) >= 11 is 0. The average molecular weight is 220 g/mol. The Kier molecular flexibility index (Phi) is 3.44. The monoisotopic (exact) mass is 220 g/mol. The van der Waals surface area contributed by atoms with E-state index in [1.54, 1.807) is 0 Å². The summed E-state index contributed by atoms with van der Waals surface area (Å²) in [6, 6.07) is 9.47. The van der Waals surface area contributed by atoms with Crippen LogP contribution in [0.2, 0.25) is 0 Å². The summed E-state index contributed by atoms with van der Waals surface area (Å²) in [5, 5.41) is 0. The number of carbonyl (C=O) groups excluding carboxylic acids is 1. The van der Waals surface area contributed by atoms with E-state index in [0.717, 1.165) is 12.2 Å². The Bertz CT molecular complexity index is 347. The number of carbonyl (C=O) groups is 1. The molecule has 1 aromatic rings. The molecule has 1 aliphatic carbocycles. The Morgan fingerprint density at radius 3 is 2.69 bits per heavy atom. The van der Waals surface area contributed by atoms with Gasteiger partial charge in [0.1, 0.15) is 11.9 Å². The number of hydrogen-bond acceptors (Lipinski definition) is 3. The fourth-order valence-electron chi connectivity index (χ4n) is 1.45. The second-order valence-electron chi connectivity index (χ2n) is 4.15. The molecule has 1 aromatic carbocycles. The van der Waals surface area contributed by atoms with Gasteiger partial charge in [0.05, 0.1) is 13.0 Å². The van der Waals surface area contributed by atoms with Gasteiger partial charge in [0.2, 0.25) is 0 Å². The van der Waals surface area contributed by atoms with Crippen molar-refractivity contribution >= 4 is 5.97 Å². The van der Waals surface area contributed by atoms with Crippen molar-refractivity contribution in [1.29, 1.82) is 0 Å². The van der Waals surface area contributed by atoms with Crippen molar-refractivity contribution < 1.29 is 14.3 Å². The largest absolute Gasteiger partial charge is 0.493 e. The van der Waals surface area contributed by atoms with Crippen molar-refractivity contribution in [2.45, 2.75) is 25.9 Å². The first-order valence-electron chi connectivity index (χ1n) is 5.63. The smallest absolute Gasteiger partial charge is 0.309 e. The summed E-state index contributed by atoms with van der Waals surface area (Å²) in [5.74, 6) is 1.17. The first-order chi connectivity index (χ1) is 7.75. The van der Waals surface area contributed by atoms with Crippen molar-refractivity contribution in [3.63, 3.8) is 0 Å². The molecule has 1 fully saturated rings. The average Bonchev–Trinajstić information content (AvgIpc) is 2.95. The van der Waals surface area contributed by atoms with Gasteiger partial charge in [0.25, 0.3) is 0 Å². The maximum absolute atomic E-state index is 11.3. The van der Waals surface area contributed by atoms with Crippen LogP contribution in [0, 0.1) is 5.92 Å². The number of esters is 1. The summed E-state index contributed by atoms with van der Waals surface area (Å²) < 4.78 is 10.6. The Morgan fingerprint density at radius 1 is 1.38 bits per heavy atom. The predicted molar refractivity (Wildman–Crippen MR) is 60.2 cm³/mol. The van der Waals surface area contributed by atoms with Crippen LogP contribution < -0.4 is 4.74 Å². The maximum atomic E-state index is 11.3. The molecular formula is C13H16O3. The first kappa shape index (κ1) is 11.0. The van der Waals surface area contributed by atoms with Gasteiger partial charge in [-0.15, -0.1) is 0 Å². The van der Waals surface area contributed by atoms with E-state index >= 15 is 0 Å². The highest BCUT2D eigenvalue weighted by Crippen LogP contribution is 2.32. The van der Waals surface area contributed by atoms with E-state index in [1.165, 1.54) is 0 Å². The van der Waals surface area contributed by atoms with Gasteiger partial charge in [0.15, 0.2) is 0 Å². The topological polar surface area (TPSA) is 35.5 Å². The zero-order chi connectivity index (χ0) is 11.4. The van der Waals surface area contributed by atoms with E-state index < -0.39 is 0 Å². The van der Waals surface area contributed by atoms with Crippen LogP contribution in [0.15, 0.2) is 30.3 Å². The molecule has 0 N–H and O–H groups in total. The zero-order valence-electron chi connectivity index (χ0n) is 9.39. The van der Waals surface area contributed by atoms with Gasteiger partial charge in [-0.1, -0.05) is 25.1 Å². The van der Waals surface area contributed by atoms with Crippen LogP contribution in [0.25, 0.3) is 0 Å². The third-order valence-corrected chi connectivity index (χ3v) is 2.64. The highest BCUT2D eigenvalue weighted by Gasteiger charge is 2.36. The Balaban J connectivity index is 1.62. The number of rotatable bonds is 5. The Hall–Kier alpha value is -1.51. The van der Waals surface area contributed by atoms with Gasteiger partial charge in [-0.05, 0) is 24.5 Å². The normalized spacial score (nSPS) is 22.6. The van der Waals surface area contributed by atoms with E-state index in [1.807, 2.05) is 30.3 Å². The molecule has 0 saturated heterocycles. The molecule has 2 unspecified atom stereocenters. The lowest BCUT2D eigenvalue weighted by Gasteiger charge is -2.06. The molecule has 0 aromatic heterocycles. The number of benzene rings is 1. The third kappa shape index (κ3) is 3.26. The minimum Gasteiger partial charge on any atom is -0.493 e. The number of para-hydroxylation sites is 1. The van der Waals surface area contributed by atoms with Gasteiger partial charge >= 0.3 is 5.97 Å². The summed E-state index contributed by atoms with van der Waals surface area (Å²) in [7, 11) is 0.